The monoisotopic (exact) mass is 373 g/mol. The highest BCUT2D eigenvalue weighted by Gasteiger charge is 2.21. The fraction of sp³-hybridized carbons (Fsp3) is 0.208. The predicted molar refractivity (Wildman–Crippen MR) is 113 cm³/mol. The van der Waals surface area contributed by atoms with Crippen LogP contribution in [0.2, 0.25) is 0 Å². The van der Waals surface area contributed by atoms with Gasteiger partial charge in [-0.05, 0) is 35.6 Å². The van der Waals surface area contributed by atoms with Crippen LogP contribution in [0.5, 0.6) is 0 Å². The second-order valence-corrected chi connectivity index (χ2v) is 8.01. The molecule has 0 aliphatic rings. The lowest BCUT2D eigenvalue weighted by molar-refractivity contribution is 0.485. The summed E-state index contributed by atoms with van der Waals surface area (Å²) in [4.78, 5) is 12.6. The Morgan fingerprint density at radius 2 is 1.57 bits per heavy atom. The number of rotatable bonds is 3. The largest absolute Gasteiger partial charge is 0.439 e. The molecule has 0 radical (unpaired) electrons. The molecule has 0 aliphatic heterocycles. The van der Waals surface area contributed by atoms with E-state index in [9.17, 15) is 4.79 Å². The van der Waals surface area contributed by atoms with E-state index in [4.69, 9.17) is 8.83 Å². The molecule has 4 heteroatoms. The summed E-state index contributed by atoms with van der Waals surface area (Å²) >= 11 is 0. The third kappa shape index (κ3) is 3.33. The highest BCUT2D eigenvalue weighted by molar-refractivity contribution is 6.00. The van der Waals surface area contributed by atoms with Gasteiger partial charge in [-0.2, -0.15) is 0 Å². The molecule has 0 aliphatic carbocycles. The summed E-state index contributed by atoms with van der Waals surface area (Å²) in [5.74, 6) is 1.05. The number of nitrogens with one attached hydrogen (secondary N) is 1. The zero-order chi connectivity index (χ0) is 19.9. The van der Waals surface area contributed by atoms with Gasteiger partial charge >= 0.3 is 5.63 Å². The van der Waals surface area contributed by atoms with Crippen molar-refractivity contribution in [3.63, 3.8) is 0 Å². The Bertz CT molecular complexity index is 1180. The molecule has 0 unspecified atom stereocenters. The number of fused-ring (bicyclic) bond motifs is 1. The molecule has 4 nitrogen and oxygen atoms in total. The second kappa shape index (κ2) is 6.71. The average Bonchev–Trinajstić information content (AvgIpc) is 3.00. The maximum absolute atomic E-state index is 12.6. The van der Waals surface area contributed by atoms with Crippen molar-refractivity contribution in [2.45, 2.75) is 33.1 Å². The van der Waals surface area contributed by atoms with Crippen LogP contribution in [0.15, 0.2) is 74.3 Å². The normalized spacial score (nSPS) is 11.7. The third-order valence-corrected chi connectivity index (χ3v) is 4.80. The molecule has 0 saturated heterocycles. The summed E-state index contributed by atoms with van der Waals surface area (Å²) in [5, 5.41) is 3.76. The molecule has 4 aromatic rings. The maximum Gasteiger partial charge on any atom is 0.347 e. The zero-order valence-corrected chi connectivity index (χ0v) is 16.5. The number of anilines is 2. The molecule has 0 saturated carbocycles. The molecule has 2 heterocycles. The number of furan rings is 1. The highest BCUT2D eigenvalue weighted by atomic mass is 16.4. The Balaban J connectivity index is 1.92. The molecular weight excluding hydrogens is 350 g/mol. The topological polar surface area (TPSA) is 55.4 Å². The molecular formula is C24H23NO3. The quantitative estimate of drug-likeness (QED) is 0.451. The molecule has 0 fully saturated rings. The Labute approximate surface area is 163 Å². The van der Waals surface area contributed by atoms with Gasteiger partial charge in [0.05, 0.1) is 5.56 Å². The van der Waals surface area contributed by atoms with Gasteiger partial charge in [0.1, 0.15) is 16.7 Å². The minimum absolute atomic E-state index is 0.0538. The number of hydrogen-bond acceptors (Lipinski definition) is 4. The van der Waals surface area contributed by atoms with E-state index in [-0.39, 0.29) is 5.41 Å². The van der Waals surface area contributed by atoms with Crippen LogP contribution < -0.4 is 10.9 Å². The van der Waals surface area contributed by atoms with E-state index in [1.54, 1.807) is 13.0 Å². The minimum Gasteiger partial charge on any atom is -0.439 e. The minimum atomic E-state index is -0.394. The average molecular weight is 373 g/mol. The Hall–Kier alpha value is -3.27. The number of para-hydroxylation sites is 1. The van der Waals surface area contributed by atoms with Gasteiger partial charge in [0.2, 0.25) is 5.88 Å². The number of benzene rings is 2. The molecule has 0 bridgehead atoms. The molecule has 28 heavy (non-hydrogen) atoms. The molecule has 2 aromatic carbocycles. The lowest BCUT2D eigenvalue weighted by Crippen LogP contribution is -2.10. The summed E-state index contributed by atoms with van der Waals surface area (Å²) in [7, 11) is 0. The fourth-order valence-electron chi connectivity index (χ4n) is 3.32. The van der Waals surface area contributed by atoms with Gasteiger partial charge < -0.3 is 14.2 Å². The van der Waals surface area contributed by atoms with Crippen LogP contribution in [0.3, 0.4) is 0 Å². The fourth-order valence-corrected chi connectivity index (χ4v) is 3.32. The first-order chi connectivity index (χ1) is 13.3. The van der Waals surface area contributed by atoms with E-state index in [1.165, 1.54) is 5.56 Å². The SMILES string of the molecule is Cc1cc2oc(Nc3ccccc3)c(-c3ccc(C(C)(C)C)cc3)c2c(=O)o1. The second-order valence-electron chi connectivity index (χ2n) is 8.01. The summed E-state index contributed by atoms with van der Waals surface area (Å²) in [6.45, 7) is 8.27. The van der Waals surface area contributed by atoms with Crippen molar-refractivity contribution >= 4 is 22.5 Å². The first-order valence-electron chi connectivity index (χ1n) is 9.33. The van der Waals surface area contributed by atoms with Crippen molar-refractivity contribution in [2.75, 3.05) is 5.32 Å². The molecule has 1 N–H and O–H groups in total. The summed E-state index contributed by atoms with van der Waals surface area (Å²) in [5.41, 5.74) is 3.91. The van der Waals surface area contributed by atoms with Crippen LogP contribution in [0.25, 0.3) is 22.1 Å². The standard InChI is InChI=1S/C24H23NO3/c1-15-14-19-21(23(26)27-15)20(16-10-12-17(13-11-16)24(2,3)4)22(28-19)25-18-8-6-5-7-9-18/h5-14,25H,1-4H3. The van der Waals surface area contributed by atoms with Gasteiger partial charge in [0, 0.05) is 11.8 Å². The lowest BCUT2D eigenvalue weighted by atomic mass is 9.86. The van der Waals surface area contributed by atoms with Crippen molar-refractivity contribution in [1.82, 2.24) is 0 Å². The highest BCUT2D eigenvalue weighted by Crippen LogP contribution is 2.39. The summed E-state index contributed by atoms with van der Waals surface area (Å²) in [6, 6.07) is 19.7. The zero-order valence-electron chi connectivity index (χ0n) is 16.5. The number of hydrogen-bond donors (Lipinski definition) is 1. The van der Waals surface area contributed by atoms with Gasteiger partial charge in [-0.15, -0.1) is 0 Å². The van der Waals surface area contributed by atoms with Gasteiger partial charge in [0.15, 0.2) is 0 Å². The molecule has 0 atom stereocenters. The van der Waals surface area contributed by atoms with Crippen LogP contribution in [0.1, 0.15) is 32.1 Å². The Kier molecular flexibility index (Phi) is 4.34. The molecule has 142 valence electrons. The van der Waals surface area contributed by atoms with Crippen molar-refractivity contribution < 1.29 is 8.83 Å². The Morgan fingerprint density at radius 1 is 0.893 bits per heavy atom. The molecule has 0 amide bonds. The smallest absolute Gasteiger partial charge is 0.347 e. The maximum atomic E-state index is 12.6. The molecule has 0 spiro atoms. The van der Waals surface area contributed by atoms with Gasteiger partial charge in [-0.25, -0.2) is 4.79 Å². The van der Waals surface area contributed by atoms with Crippen LogP contribution in [0.4, 0.5) is 11.6 Å². The van der Waals surface area contributed by atoms with Crippen molar-refractivity contribution in [3.8, 4) is 11.1 Å². The predicted octanol–water partition coefficient (Wildman–Crippen LogP) is 6.40. The van der Waals surface area contributed by atoms with Crippen LogP contribution >= 0.6 is 0 Å². The van der Waals surface area contributed by atoms with E-state index in [2.05, 4.69) is 38.2 Å². The van der Waals surface area contributed by atoms with E-state index in [0.29, 0.717) is 28.2 Å². The first kappa shape index (κ1) is 18.1. The summed E-state index contributed by atoms with van der Waals surface area (Å²) < 4.78 is 11.4. The first-order valence-corrected chi connectivity index (χ1v) is 9.33. The van der Waals surface area contributed by atoms with Gasteiger partial charge in [-0.3, -0.25) is 0 Å². The van der Waals surface area contributed by atoms with E-state index < -0.39 is 5.63 Å². The van der Waals surface area contributed by atoms with Crippen LogP contribution in [-0.2, 0) is 5.41 Å². The molecule has 4 rings (SSSR count). The lowest BCUT2D eigenvalue weighted by Gasteiger charge is -2.19. The van der Waals surface area contributed by atoms with E-state index in [0.717, 1.165) is 11.3 Å². The van der Waals surface area contributed by atoms with Crippen molar-refractivity contribution in [3.05, 3.63) is 82.4 Å². The third-order valence-electron chi connectivity index (χ3n) is 4.80. The summed E-state index contributed by atoms with van der Waals surface area (Å²) in [6.07, 6.45) is 0. The van der Waals surface area contributed by atoms with Crippen molar-refractivity contribution in [2.24, 2.45) is 0 Å². The van der Waals surface area contributed by atoms with Crippen molar-refractivity contribution in [1.29, 1.82) is 0 Å². The van der Waals surface area contributed by atoms with E-state index in [1.807, 2.05) is 42.5 Å². The van der Waals surface area contributed by atoms with Crippen LogP contribution in [0, 0.1) is 6.92 Å². The van der Waals surface area contributed by atoms with E-state index >= 15 is 0 Å². The number of aryl methyl sites for hydroxylation is 1. The Morgan fingerprint density at radius 3 is 2.21 bits per heavy atom. The van der Waals surface area contributed by atoms with Crippen LogP contribution in [-0.4, -0.2) is 0 Å². The van der Waals surface area contributed by atoms with Gasteiger partial charge in [0.25, 0.3) is 0 Å². The van der Waals surface area contributed by atoms with Gasteiger partial charge in [-0.1, -0.05) is 63.2 Å². The molecule has 2 aromatic heterocycles.